The molecule has 0 aromatic carbocycles. The van der Waals surface area contributed by atoms with E-state index in [4.69, 9.17) is 0 Å². The third kappa shape index (κ3) is 5.62. The number of amides is 2. The van der Waals surface area contributed by atoms with E-state index in [-0.39, 0.29) is 6.04 Å². The molecular formula is C19H29N3O2. The Balaban J connectivity index is 1.68. The molecule has 24 heavy (non-hydrogen) atoms. The Bertz CT molecular complexity index is 543. The Kier molecular flexibility index (Phi) is 6.35. The van der Waals surface area contributed by atoms with Gasteiger partial charge in [0.05, 0.1) is 0 Å². The van der Waals surface area contributed by atoms with Crippen molar-refractivity contribution in [2.45, 2.75) is 58.9 Å². The Morgan fingerprint density at radius 3 is 2.42 bits per heavy atom. The fourth-order valence-corrected chi connectivity index (χ4v) is 3.29. The van der Waals surface area contributed by atoms with E-state index in [1.165, 1.54) is 0 Å². The van der Waals surface area contributed by atoms with Gasteiger partial charge in [0.25, 0.3) is 0 Å². The van der Waals surface area contributed by atoms with Crippen molar-refractivity contribution < 1.29 is 9.59 Å². The van der Waals surface area contributed by atoms with E-state index in [0.717, 1.165) is 31.4 Å². The number of hydrogen-bond donors (Lipinski definition) is 2. The van der Waals surface area contributed by atoms with Crippen molar-refractivity contribution in [3.8, 4) is 0 Å². The van der Waals surface area contributed by atoms with Crippen molar-refractivity contribution in [3.63, 3.8) is 0 Å². The first-order valence-electron chi connectivity index (χ1n) is 8.85. The van der Waals surface area contributed by atoms with Gasteiger partial charge in [-0.1, -0.05) is 26.8 Å². The van der Waals surface area contributed by atoms with Crippen LogP contribution in [0.5, 0.6) is 0 Å². The number of carbonyl (C=O) groups excluding carboxylic acids is 2. The van der Waals surface area contributed by atoms with Gasteiger partial charge in [-0.15, -0.1) is 0 Å². The van der Waals surface area contributed by atoms with Crippen LogP contribution in [0.25, 0.3) is 0 Å². The molecule has 0 saturated heterocycles. The van der Waals surface area contributed by atoms with Gasteiger partial charge in [0, 0.05) is 30.9 Å². The molecule has 1 aromatic heterocycles. The van der Waals surface area contributed by atoms with Gasteiger partial charge in [-0.25, -0.2) is 0 Å². The second-order valence-corrected chi connectivity index (χ2v) is 7.72. The molecule has 0 bridgehead atoms. The first-order valence-corrected chi connectivity index (χ1v) is 8.85. The van der Waals surface area contributed by atoms with Gasteiger partial charge >= 0.3 is 11.8 Å². The zero-order valence-electron chi connectivity index (χ0n) is 15.0. The molecule has 1 aliphatic rings. The fourth-order valence-electron chi connectivity index (χ4n) is 3.29. The molecule has 2 rings (SSSR count). The lowest BCUT2D eigenvalue weighted by Gasteiger charge is -2.37. The fraction of sp³-hybridized carbons (Fsp3) is 0.632. The van der Waals surface area contributed by atoms with Gasteiger partial charge in [-0.2, -0.15) is 0 Å². The van der Waals surface area contributed by atoms with Crippen LogP contribution >= 0.6 is 0 Å². The van der Waals surface area contributed by atoms with Crippen LogP contribution in [0.4, 0.5) is 0 Å². The number of carbonyl (C=O) groups is 2. The summed E-state index contributed by atoms with van der Waals surface area (Å²) in [6, 6.07) is 5.78. The largest absolute Gasteiger partial charge is 0.347 e. The predicted octanol–water partition coefficient (Wildman–Crippen LogP) is 2.46. The molecule has 1 aliphatic carbocycles. The van der Waals surface area contributed by atoms with Gasteiger partial charge < -0.3 is 10.6 Å². The van der Waals surface area contributed by atoms with E-state index in [0.29, 0.717) is 24.3 Å². The van der Waals surface area contributed by atoms with Crippen LogP contribution in [0.1, 0.15) is 52.1 Å². The molecule has 2 amide bonds. The molecule has 5 nitrogen and oxygen atoms in total. The summed E-state index contributed by atoms with van der Waals surface area (Å²) in [6.07, 6.45) is 6.46. The minimum absolute atomic E-state index is 0.123. The van der Waals surface area contributed by atoms with Gasteiger partial charge in [0.1, 0.15) is 0 Å². The van der Waals surface area contributed by atoms with Crippen LogP contribution < -0.4 is 10.6 Å². The number of nitrogens with one attached hydrogen (secondary N) is 2. The van der Waals surface area contributed by atoms with E-state index < -0.39 is 11.8 Å². The van der Waals surface area contributed by atoms with E-state index in [2.05, 4.69) is 36.4 Å². The highest BCUT2D eigenvalue weighted by molar-refractivity contribution is 6.35. The van der Waals surface area contributed by atoms with Crippen molar-refractivity contribution in [3.05, 3.63) is 30.1 Å². The Morgan fingerprint density at radius 2 is 1.83 bits per heavy atom. The number of nitrogens with zero attached hydrogens (tertiary/aromatic N) is 1. The summed E-state index contributed by atoms with van der Waals surface area (Å²) in [5.41, 5.74) is 1.22. The lowest BCUT2D eigenvalue weighted by Crippen LogP contribution is -2.46. The van der Waals surface area contributed by atoms with E-state index in [1.807, 2.05) is 18.2 Å². The molecule has 1 aromatic rings. The molecule has 0 unspecified atom stereocenters. The van der Waals surface area contributed by atoms with Gasteiger partial charge in [-0.3, -0.25) is 14.6 Å². The van der Waals surface area contributed by atoms with Gasteiger partial charge in [-0.05, 0) is 49.1 Å². The average molecular weight is 331 g/mol. The Morgan fingerprint density at radius 1 is 1.12 bits per heavy atom. The number of pyridine rings is 1. The maximum Gasteiger partial charge on any atom is 0.309 e. The van der Waals surface area contributed by atoms with Crippen LogP contribution in [0.3, 0.4) is 0 Å². The van der Waals surface area contributed by atoms with Crippen molar-refractivity contribution >= 4 is 11.8 Å². The van der Waals surface area contributed by atoms with Crippen molar-refractivity contribution in [2.24, 2.45) is 11.3 Å². The molecule has 1 heterocycles. The van der Waals surface area contributed by atoms with E-state index >= 15 is 0 Å². The molecule has 1 saturated carbocycles. The first kappa shape index (κ1) is 18.4. The van der Waals surface area contributed by atoms with E-state index in [9.17, 15) is 9.59 Å². The lowest BCUT2D eigenvalue weighted by atomic mass is 9.71. The zero-order valence-corrected chi connectivity index (χ0v) is 15.0. The number of aromatic nitrogens is 1. The highest BCUT2D eigenvalue weighted by Crippen LogP contribution is 2.37. The van der Waals surface area contributed by atoms with E-state index in [1.54, 1.807) is 6.20 Å². The Labute approximate surface area is 144 Å². The second-order valence-electron chi connectivity index (χ2n) is 7.72. The maximum atomic E-state index is 12.0. The van der Waals surface area contributed by atoms with Crippen LogP contribution in [0.15, 0.2) is 24.4 Å². The monoisotopic (exact) mass is 331 g/mol. The topological polar surface area (TPSA) is 71.1 Å². The number of hydrogen-bond acceptors (Lipinski definition) is 3. The second kappa shape index (κ2) is 8.27. The smallest absolute Gasteiger partial charge is 0.309 e. The molecular weight excluding hydrogens is 302 g/mol. The van der Waals surface area contributed by atoms with Gasteiger partial charge in [0.15, 0.2) is 0 Å². The third-order valence-corrected chi connectivity index (χ3v) is 4.89. The quantitative estimate of drug-likeness (QED) is 0.833. The summed E-state index contributed by atoms with van der Waals surface area (Å²) in [7, 11) is 0. The summed E-state index contributed by atoms with van der Waals surface area (Å²) in [4.78, 5) is 28.1. The van der Waals surface area contributed by atoms with Crippen LogP contribution in [-0.4, -0.2) is 29.4 Å². The highest BCUT2D eigenvalue weighted by atomic mass is 16.2. The van der Waals surface area contributed by atoms with Crippen LogP contribution in [0.2, 0.25) is 0 Å². The SMILES string of the molecule is CC(C)(C)C1CCC(NC(=O)C(=O)NCCc2ccccn2)CC1. The highest BCUT2D eigenvalue weighted by Gasteiger charge is 2.30. The number of rotatable bonds is 4. The van der Waals surface area contributed by atoms with Crippen molar-refractivity contribution in [1.29, 1.82) is 0 Å². The lowest BCUT2D eigenvalue weighted by molar-refractivity contribution is -0.139. The summed E-state index contributed by atoms with van der Waals surface area (Å²) < 4.78 is 0. The van der Waals surface area contributed by atoms with Crippen molar-refractivity contribution in [2.75, 3.05) is 6.54 Å². The average Bonchev–Trinajstić information content (AvgIpc) is 2.55. The minimum atomic E-state index is -0.552. The minimum Gasteiger partial charge on any atom is -0.347 e. The molecule has 132 valence electrons. The first-order chi connectivity index (χ1) is 11.4. The standard InChI is InChI=1S/C19H29N3O2/c1-19(2,3)14-7-9-16(10-8-14)22-18(24)17(23)21-13-11-15-6-4-5-12-20-15/h4-6,12,14,16H,7-11,13H2,1-3H3,(H,21,23)(H,22,24). The summed E-state index contributed by atoms with van der Waals surface area (Å²) in [5.74, 6) is -0.378. The molecule has 0 aliphatic heterocycles. The normalized spacial score (nSPS) is 21.1. The zero-order chi connectivity index (χ0) is 17.6. The molecule has 0 radical (unpaired) electrons. The molecule has 0 spiro atoms. The maximum absolute atomic E-state index is 12.0. The molecule has 2 N–H and O–H groups in total. The van der Waals surface area contributed by atoms with Gasteiger partial charge in [0.2, 0.25) is 0 Å². The summed E-state index contributed by atoms with van der Waals surface area (Å²) in [6.45, 7) is 7.23. The van der Waals surface area contributed by atoms with Crippen molar-refractivity contribution in [1.82, 2.24) is 15.6 Å². The third-order valence-electron chi connectivity index (χ3n) is 4.89. The molecule has 0 atom stereocenters. The molecule has 5 heteroatoms. The van der Waals surface area contributed by atoms with Crippen LogP contribution in [0, 0.1) is 11.3 Å². The van der Waals surface area contributed by atoms with Crippen LogP contribution in [-0.2, 0) is 16.0 Å². The molecule has 1 fully saturated rings. The Hall–Kier alpha value is -1.91. The predicted molar refractivity (Wildman–Crippen MR) is 94.3 cm³/mol. The summed E-state index contributed by atoms with van der Waals surface area (Å²) in [5, 5.41) is 5.54. The summed E-state index contributed by atoms with van der Waals surface area (Å²) >= 11 is 0.